The summed E-state index contributed by atoms with van der Waals surface area (Å²) in [5, 5.41) is 6.10. The first-order chi connectivity index (χ1) is 9.81. The van der Waals surface area contributed by atoms with E-state index in [4.69, 9.17) is 0 Å². The van der Waals surface area contributed by atoms with Crippen molar-refractivity contribution in [3.05, 3.63) is 30.6 Å². The van der Waals surface area contributed by atoms with E-state index in [1.54, 1.807) is 6.20 Å². The molecule has 0 atom stereocenters. The molecule has 2 fully saturated rings. The van der Waals surface area contributed by atoms with Gasteiger partial charge in [-0.2, -0.15) is 0 Å². The van der Waals surface area contributed by atoms with Gasteiger partial charge in [0.2, 0.25) is 0 Å². The highest BCUT2D eigenvalue weighted by atomic mass is 16.2. The molecule has 0 bridgehead atoms. The van der Waals surface area contributed by atoms with Gasteiger partial charge < -0.3 is 5.32 Å². The first-order valence-electron chi connectivity index (χ1n) is 7.31. The summed E-state index contributed by atoms with van der Waals surface area (Å²) in [7, 11) is 0. The average Bonchev–Trinajstić information content (AvgIpc) is 3.35. The van der Waals surface area contributed by atoms with E-state index in [2.05, 4.69) is 15.6 Å². The lowest BCUT2D eigenvalue weighted by molar-refractivity contribution is 0.244. The number of carbonyl (C=O) groups excluding carboxylic acids is 1. The quantitative estimate of drug-likeness (QED) is 0.897. The van der Waals surface area contributed by atoms with Gasteiger partial charge in [-0.3, -0.25) is 9.72 Å². The Balaban J connectivity index is 1.47. The number of amides is 2. The van der Waals surface area contributed by atoms with Crippen molar-refractivity contribution < 1.29 is 4.79 Å². The highest BCUT2D eigenvalue weighted by Gasteiger charge is 2.42. The molecule has 2 N–H and O–H groups in total. The maximum Gasteiger partial charge on any atom is 0.320 e. The predicted octanol–water partition coefficient (Wildman–Crippen LogP) is 2.64. The van der Waals surface area contributed by atoms with E-state index in [1.807, 2.05) is 28.8 Å². The molecule has 2 aromatic heterocycles. The van der Waals surface area contributed by atoms with Gasteiger partial charge in [0.25, 0.3) is 0 Å². The number of aromatic nitrogens is 2. The van der Waals surface area contributed by atoms with Crippen molar-refractivity contribution in [2.24, 2.45) is 11.8 Å². The van der Waals surface area contributed by atoms with Crippen LogP contribution in [-0.4, -0.2) is 21.5 Å². The van der Waals surface area contributed by atoms with Crippen LogP contribution in [0.1, 0.15) is 25.7 Å². The Hall–Kier alpha value is -2.04. The van der Waals surface area contributed by atoms with Crippen LogP contribution in [0.15, 0.2) is 30.6 Å². The fourth-order valence-corrected chi connectivity index (χ4v) is 2.88. The monoisotopic (exact) mass is 270 g/mol. The molecule has 5 nitrogen and oxygen atoms in total. The van der Waals surface area contributed by atoms with Gasteiger partial charge in [-0.15, -0.1) is 0 Å². The first-order valence-corrected chi connectivity index (χ1v) is 7.31. The third kappa shape index (κ3) is 2.24. The Morgan fingerprint density at radius 1 is 1.25 bits per heavy atom. The molecule has 2 aromatic rings. The van der Waals surface area contributed by atoms with Crippen molar-refractivity contribution >= 4 is 17.5 Å². The van der Waals surface area contributed by atoms with E-state index in [1.165, 1.54) is 25.7 Å². The maximum atomic E-state index is 12.2. The molecule has 4 rings (SSSR count). The lowest BCUT2D eigenvalue weighted by atomic mass is 10.1. The second-order valence-electron chi connectivity index (χ2n) is 5.87. The second-order valence-corrected chi connectivity index (χ2v) is 5.87. The molecular weight excluding hydrogens is 252 g/mol. The number of imidazole rings is 1. The molecule has 0 saturated heterocycles. The van der Waals surface area contributed by atoms with E-state index in [0.29, 0.717) is 17.9 Å². The molecule has 2 aliphatic rings. The molecule has 0 unspecified atom stereocenters. The van der Waals surface area contributed by atoms with Crippen LogP contribution in [0.4, 0.5) is 10.6 Å². The number of anilines is 1. The van der Waals surface area contributed by atoms with Gasteiger partial charge >= 0.3 is 6.03 Å². The molecule has 5 heteroatoms. The van der Waals surface area contributed by atoms with E-state index in [9.17, 15) is 4.79 Å². The van der Waals surface area contributed by atoms with E-state index >= 15 is 0 Å². The first kappa shape index (κ1) is 11.8. The van der Waals surface area contributed by atoms with Gasteiger partial charge in [-0.1, -0.05) is 6.07 Å². The van der Waals surface area contributed by atoms with Crippen LogP contribution in [0.2, 0.25) is 0 Å². The molecule has 0 spiro atoms. The lowest BCUT2D eigenvalue weighted by Crippen LogP contribution is -2.41. The summed E-state index contributed by atoms with van der Waals surface area (Å²) in [5.41, 5.74) is 0.837. The number of rotatable bonds is 4. The molecule has 2 amide bonds. The molecule has 0 radical (unpaired) electrons. The molecule has 2 aliphatic carbocycles. The van der Waals surface area contributed by atoms with Gasteiger partial charge in [0.15, 0.2) is 0 Å². The number of carbonyl (C=O) groups is 1. The van der Waals surface area contributed by atoms with Crippen LogP contribution in [0.25, 0.3) is 5.65 Å². The molecule has 20 heavy (non-hydrogen) atoms. The van der Waals surface area contributed by atoms with Gasteiger partial charge in [0.1, 0.15) is 11.5 Å². The van der Waals surface area contributed by atoms with Crippen LogP contribution in [0.5, 0.6) is 0 Å². The smallest absolute Gasteiger partial charge is 0.320 e. The third-order valence-corrected chi connectivity index (χ3v) is 4.23. The van der Waals surface area contributed by atoms with Crippen molar-refractivity contribution in [2.75, 3.05) is 5.32 Å². The van der Waals surface area contributed by atoms with Gasteiger partial charge in [0, 0.05) is 18.4 Å². The summed E-state index contributed by atoms with van der Waals surface area (Å²) < 4.78 is 1.88. The van der Waals surface area contributed by atoms with Crippen LogP contribution in [0, 0.1) is 11.8 Å². The maximum absolute atomic E-state index is 12.2. The van der Waals surface area contributed by atoms with Gasteiger partial charge in [0.05, 0.1) is 0 Å². The minimum Gasteiger partial charge on any atom is -0.335 e. The van der Waals surface area contributed by atoms with E-state index in [0.717, 1.165) is 11.5 Å². The summed E-state index contributed by atoms with van der Waals surface area (Å²) in [6.45, 7) is 0. The normalized spacial score (nSPS) is 18.4. The number of fused-ring (bicyclic) bond motifs is 1. The topological polar surface area (TPSA) is 58.4 Å². The fraction of sp³-hybridized carbons (Fsp3) is 0.467. The molecule has 2 heterocycles. The third-order valence-electron chi connectivity index (χ3n) is 4.23. The number of nitrogens with zero attached hydrogens (tertiary/aromatic N) is 2. The van der Waals surface area contributed by atoms with Crippen LogP contribution in [0.3, 0.4) is 0 Å². The SMILES string of the molecule is O=C(Nc1cccc2nccn12)NC(C1CC1)C1CC1. The summed E-state index contributed by atoms with van der Waals surface area (Å²) >= 11 is 0. The summed E-state index contributed by atoms with van der Waals surface area (Å²) in [6, 6.07) is 5.97. The Morgan fingerprint density at radius 3 is 2.70 bits per heavy atom. The molecular formula is C15H18N4O. The number of urea groups is 1. The highest BCUT2D eigenvalue weighted by molar-refractivity contribution is 5.89. The number of hydrogen-bond acceptors (Lipinski definition) is 2. The minimum atomic E-state index is -0.102. The molecule has 0 aliphatic heterocycles. The van der Waals surface area contributed by atoms with Crippen LogP contribution >= 0.6 is 0 Å². The average molecular weight is 270 g/mol. The Labute approximate surface area is 117 Å². The Kier molecular flexibility index (Phi) is 2.65. The predicted molar refractivity (Wildman–Crippen MR) is 76.6 cm³/mol. The largest absolute Gasteiger partial charge is 0.335 e. The highest BCUT2D eigenvalue weighted by Crippen LogP contribution is 2.44. The Bertz CT molecular complexity index is 630. The summed E-state index contributed by atoms with van der Waals surface area (Å²) in [4.78, 5) is 16.4. The van der Waals surface area contributed by atoms with Crippen molar-refractivity contribution in [3.8, 4) is 0 Å². The van der Waals surface area contributed by atoms with Gasteiger partial charge in [-0.05, 0) is 49.7 Å². The number of nitrogens with one attached hydrogen (secondary N) is 2. The zero-order chi connectivity index (χ0) is 13.5. The molecule has 0 aromatic carbocycles. The minimum absolute atomic E-state index is 0.102. The number of hydrogen-bond donors (Lipinski definition) is 2. The van der Waals surface area contributed by atoms with Crippen molar-refractivity contribution in [3.63, 3.8) is 0 Å². The lowest BCUT2D eigenvalue weighted by Gasteiger charge is -2.18. The summed E-state index contributed by atoms with van der Waals surface area (Å²) in [5.74, 6) is 2.16. The van der Waals surface area contributed by atoms with Crippen molar-refractivity contribution in [1.82, 2.24) is 14.7 Å². The van der Waals surface area contributed by atoms with E-state index < -0.39 is 0 Å². The fourth-order valence-electron chi connectivity index (χ4n) is 2.88. The second kappa shape index (κ2) is 4.51. The zero-order valence-corrected chi connectivity index (χ0v) is 11.2. The van der Waals surface area contributed by atoms with E-state index in [-0.39, 0.29) is 6.03 Å². The summed E-state index contributed by atoms with van der Waals surface area (Å²) in [6.07, 6.45) is 8.63. The Morgan fingerprint density at radius 2 is 2.00 bits per heavy atom. The standard InChI is InChI=1S/C15H18N4O/c20-15(18-14(10-4-5-10)11-6-7-11)17-13-3-1-2-12-16-8-9-19(12)13/h1-3,8-11,14H,4-7H2,(H2,17,18,20). The van der Waals surface area contributed by atoms with Crippen LogP contribution < -0.4 is 10.6 Å². The molecule has 2 saturated carbocycles. The van der Waals surface area contributed by atoms with Crippen LogP contribution in [-0.2, 0) is 0 Å². The van der Waals surface area contributed by atoms with Crippen molar-refractivity contribution in [1.29, 1.82) is 0 Å². The number of pyridine rings is 1. The van der Waals surface area contributed by atoms with Crippen molar-refractivity contribution in [2.45, 2.75) is 31.7 Å². The van der Waals surface area contributed by atoms with Gasteiger partial charge in [-0.25, -0.2) is 9.78 Å². The molecule has 104 valence electrons. The zero-order valence-electron chi connectivity index (χ0n) is 11.2.